The Hall–Kier alpha value is -3.59. The maximum absolute atomic E-state index is 13.8. The van der Waals surface area contributed by atoms with E-state index in [2.05, 4.69) is 0 Å². The van der Waals surface area contributed by atoms with Crippen LogP contribution in [0.4, 0.5) is 11.4 Å². The van der Waals surface area contributed by atoms with Gasteiger partial charge in [-0.25, -0.2) is 8.42 Å². The number of non-ortho nitro benzene ring substituents is 1. The normalized spacial score (nSPS) is 12.1. The molecule has 168 valence electrons. The van der Waals surface area contributed by atoms with Gasteiger partial charge in [0.25, 0.3) is 15.7 Å². The third-order valence-corrected chi connectivity index (χ3v) is 7.02. The zero-order valence-corrected chi connectivity index (χ0v) is 19.0. The quantitative estimate of drug-likeness (QED) is 0.354. The molecule has 0 heterocycles. The average molecular weight is 457 g/mol. The van der Waals surface area contributed by atoms with Crippen molar-refractivity contribution in [2.24, 2.45) is 0 Å². The Morgan fingerprint density at radius 1 is 0.938 bits per heavy atom. The highest BCUT2D eigenvalue weighted by molar-refractivity contribution is 7.92. The molecule has 0 radical (unpaired) electrons. The van der Waals surface area contributed by atoms with Gasteiger partial charge in [0.1, 0.15) is 0 Å². The maximum atomic E-state index is 13.8. The molecule has 0 fully saturated rings. The number of nitro benzene ring substituents is 1. The van der Waals surface area contributed by atoms with E-state index in [1.165, 1.54) is 42.8 Å². The van der Waals surface area contributed by atoms with Crippen molar-refractivity contribution in [1.29, 1.82) is 0 Å². The SMILES string of the molecule is COc1ccc(N([C@@H](C)c2cccc(C)c2)S(=O)(=O)c2ccc([N+](=O)[O-])cc2)cc1OC. The van der Waals surface area contributed by atoms with Crippen LogP contribution in [-0.4, -0.2) is 27.6 Å². The van der Waals surface area contributed by atoms with Crippen molar-refractivity contribution in [1.82, 2.24) is 0 Å². The molecule has 8 nitrogen and oxygen atoms in total. The Morgan fingerprint density at radius 3 is 2.16 bits per heavy atom. The summed E-state index contributed by atoms with van der Waals surface area (Å²) in [5, 5.41) is 11.0. The van der Waals surface area contributed by atoms with Gasteiger partial charge in [-0.1, -0.05) is 29.8 Å². The summed E-state index contributed by atoms with van der Waals surface area (Å²) in [5.41, 5.74) is 1.97. The Bertz CT molecular complexity index is 1230. The molecule has 1 atom stereocenters. The van der Waals surface area contributed by atoms with Crippen molar-refractivity contribution in [2.45, 2.75) is 24.8 Å². The average Bonchev–Trinajstić information content (AvgIpc) is 2.78. The molecule has 0 saturated carbocycles. The van der Waals surface area contributed by atoms with Crippen molar-refractivity contribution in [3.63, 3.8) is 0 Å². The first-order valence-electron chi connectivity index (χ1n) is 9.76. The number of aryl methyl sites for hydroxylation is 1. The van der Waals surface area contributed by atoms with Gasteiger partial charge in [-0.15, -0.1) is 0 Å². The second kappa shape index (κ2) is 9.27. The topological polar surface area (TPSA) is 99.0 Å². The van der Waals surface area contributed by atoms with Crippen LogP contribution >= 0.6 is 0 Å². The van der Waals surface area contributed by atoms with Crippen LogP contribution in [0.2, 0.25) is 0 Å². The van der Waals surface area contributed by atoms with E-state index in [1.807, 2.05) is 31.2 Å². The first-order valence-corrected chi connectivity index (χ1v) is 11.2. The van der Waals surface area contributed by atoms with Gasteiger partial charge in [-0.3, -0.25) is 14.4 Å². The lowest BCUT2D eigenvalue weighted by atomic mass is 10.1. The second-order valence-corrected chi connectivity index (χ2v) is 9.00. The maximum Gasteiger partial charge on any atom is 0.269 e. The summed E-state index contributed by atoms with van der Waals surface area (Å²) in [5.74, 6) is 0.845. The molecule has 0 aliphatic heterocycles. The van der Waals surface area contributed by atoms with Crippen LogP contribution in [0.5, 0.6) is 11.5 Å². The van der Waals surface area contributed by atoms with Crippen molar-refractivity contribution < 1.29 is 22.8 Å². The Kier molecular flexibility index (Phi) is 6.69. The number of benzene rings is 3. The summed E-state index contributed by atoms with van der Waals surface area (Å²) in [4.78, 5) is 10.4. The van der Waals surface area contributed by atoms with Gasteiger partial charge in [0.15, 0.2) is 11.5 Å². The predicted molar refractivity (Wildman–Crippen MR) is 122 cm³/mol. The van der Waals surface area contributed by atoms with Crippen LogP contribution in [0.3, 0.4) is 0 Å². The molecular formula is C23H24N2O6S. The zero-order chi connectivity index (χ0) is 23.5. The van der Waals surface area contributed by atoms with E-state index in [0.29, 0.717) is 17.2 Å². The van der Waals surface area contributed by atoms with E-state index in [0.717, 1.165) is 11.1 Å². The molecule has 32 heavy (non-hydrogen) atoms. The smallest absolute Gasteiger partial charge is 0.269 e. The van der Waals surface area contributed by atoms with Gasteiger partial charge in [0.2, 0.25) is 0 Å². The summed E-state index contributed by atoms with van der Waals surface area (Å²) >= 11 is 0. The van der Waals surface area contributed by atoms with Gasteiger partial charge in [-0.05, 0) is 43.7 Å². The van der Waals surface area contributed by atoms with Crippen molar-refractivity contribution in [2.75, 3.05) is 18.5 Å². The van der Waals surface area contributed by atoms with Gasteiger partial charge >= 0.3 is 0 Å². The lowest BCUT2D eigenvalue weighted by molar-refractivity contribution is -0.384. The first-order chi connectivity index (χ1) is 15.2. The molecule has 3 aromatic rings. The molecule has 9 heteroatoms. The summed E-state index contributed by atoms with van der Waals surface area (Å²) in [7, 11) is -1.12. The van der Waals surface area contributed by atoms with Gasteiger partial charge in [-0.2, -0.15) is 0 Å². The highest BCUT2D eigenvalue weighted by Gasteiger charge is 2.31. The Labute approximate surface area is 187 Å². The van der Waals surface area contributed by atoms with Crippen LogP contribution in [0.1, 0.15) is 24.1 Å². The molecule has 0 aliphatic rings. The fourth-order valence-electron chi connectivity index (χ4n) is 3.45. The monoisotopic (exact) mass is 456 g/mol. The molecular weight excluding hydrogens is 432 g/mol. The number of hydrogen-bond acceptors (Lipinski definition) is 6. The van der Waals surface area contributed by atoms with E-state index in [9.17, 15) is 18.5 Å². The number of ether oxygens (including phenoxy) is 2. The standard InChI is InChI=1S/C23H24N2O6S/c1-16-6-5-7-18(14-16)17(2)24(20-10-13-22(30-3)23(15-20)31-4)32(28,29)21-11-8-19(9-12-21)25(26)27/h5-15,17H,1-4H3/t17-/m0/s1. The molecule has 3 aromatic carbocycles. The highest BCUT2D eigenvalue weighted by atomic mass is 32.2. The molecule has 0 spiro atoms. The number of methoxy groups -OCH3 is 2. The van der Waals surface area contributed by atoms with E-state index in [1.54, 1.807) is 25.1 Å². The third kappa shape index (κ3) is 4.52. The van der Waals surface area contributed by atoms with Gasteiger partial charge in [0.05, 0.1) is 35.8 Å². The molecule has 0 aliphatic carbocycles. The van der Waals surface area contributed by atoms with Crippen LogP contribution < -0.4 is 13.8 Å². The number of nitrogens with zero attached hydrogens (tertiary/aromatic N) is 2. The third-order valence-electron chi connectivity index (χ3n) is 5.10. The van der Waals surface area contributed by atoms with Crippen molar-refractivity contribution >= 4 is 21.4 Å². The Morgan fingerprint density at radius 2 is 1.59 bits per heavy atom. The second-order valence-electron chi connectivity index (χ2n) is 7.18. The van der Waals surface area contributed by atoms with Crippen LogP contribution in [-0.2, 0) is 10.0 Å². The fraction of sp³-hybridized carbons (Fsp3) is 0.217. The number of hydrogen-bond donors (Lipinski definition) is 0. The largest absolute Gasteiger partial charge is 0.493 e. The lowest BCUT2D eigenvalue weighted by Gasteiger charge is -2.31. The molecule has 0 N–H and O–H groups in total. The fourth-order valence-corrected chi connectivity index (χ4v) is 5.09. The minimum absolute atomic E-state index is 0.0580. The van der Waals surface area contributed by atoms with E-state index < -0.39 is 21.0 Å². The van der Waals surface area contributed by atoms with Gasteiger partial charge < -0.3 is 9.47 Å². The minimum Gasteiger partial charge on any atom is -0.493 e. The molecule has 0 unspecified atom stereocenters. The molecule has 0 aromatic heterocycles. The zero-order valence-electron chi connectivity index (χ0n) is 18.2. The molecule has 0 bridgehead atoms. The molecule has 0 amide bonds. The number of nitro groups is 1. The summed E-state index contributed by atoms with van der Waals surface area (Å²) < 4.78 is 39.4. The van der Waals surface area contributed by atoms with Crippen molar-refractivity contribution in [3.05, 3.63) is 88.0 Å². The minimum atomic E-state index is -4.09. The van der Waals surface area contributed by atoms with Crippen LogP contribution in [0.15, 0.2) is 71.6 Å². The number of rotatable bonds is 8. The lowest BCUT2D eigenvalue weighted by Crippen LogP contribution is -2.33. The van der Waals surface area contributed by atoms with E-state index >= 15 is 0 Å². The molecule has 0 saturated heterocycles. The first kappa shape index (κ1) is 23.1. The number of sulfonamides is 1. The van der Waals surface area contributed by atoms with Crippen molar-refractivity contribution in [3.8, 4) is 11.5 Å². The van der Waals surface area contributed by atoms with E-state index in [-0.39, 0.29) is 10.6 Å². The summed E-state index contributed by atoms with van der Waals surface area (Å²) in [6.45, 7) is 3.72. The Balaban J connectivity index is 2.18. The van der Waals surface area contributed by atoms with Crippen LogP contribution in [0, 0.1) is 17.0 Å². The highest BCUT2D eigenvalue weighted by Crippen LogP contribution is 2.38. The van der Waals surface area contributed by atoms with Gasteiger partial charge in [0, 0.05) is 18.2 Å². The summed E-state index contributed by atoms with van der Waals surface area (Å²) in [6.07, 6.45) is 0. The van der Waals surface area contributed by atoms with Crippen LogP contribution in [0.25, 0.3) is 0 Å². The number of anilines is 1. The van der Waals surface area contributed by atoms with E-state index in [4.69, 9.17) is 9.47 Å². The predicted octanol–water partition coefficient (Wildman–Crippen LogP) is 4.88. The summed E-state index contributed by atoms with van der Waals surface area (Å²) in [6, 6.07) is 16.7. The molecule has 3 rings (SSSR count).